The Labute approximate surface area is 352 Å². The Bertz CT molecular complexity index is 1560. The highest BCUT2D eigenvalue weighted by Crippen LogP contribution is 2.70. The van der Waals surface area contributed by atoms with Crippen LogP contribution in [0.4, 0.5) is 0 Å². The summed E-state index contributed by atoms with van der Waals surface area (Å²) in [6, 6.07) is 0. The standard InChI is InChI=1S/C44H70O16/c1-19-8-13-44(54-17-19)20(2)30-28(60-44)15-26-24-7-6-22-14-23(9-11-42(22,4)25(24)10-12-43(26,30)5)56-41-38(59-40-35(51)33(49)31(47)21(3)55-40)36(52)37(29(16-45)57-41)58-39-34(50)32(48)27(46)18-53-39/h6,19-21,23-41,45-52H,7-18H2,1-5H3/t19-,20+,21+,23+,24?,25?,26?,27+,28?,29-,30?,31+,32+,33-,34-,35-,36+,37-,38-,39+,40+,41-,42-,43-,44-/m1/s1. The van der Waals surface area contributed by atoms with Gasteiger partial charge in [-0.15, -0.1) is 0 Å². The van der Waals surface area contributed by atoms with Gasteiger partial charge in [0.2, 0.25) is 0 Å². The Morgan fingerprint density at radius 1 is 0.733 bits per heavy atom. The molecular weight excluding hydrogens is 784 g/mol. The highest BCUT2D eigenvalue weighted by molar-refractivity contribution is 5.26. The molecule has 25 atom stereocenters. The van der Waals surface area contributed by atoms with E-state index in [9.17, 15) is 40.9 Å². The number of hydrogen-bond acceptors (Lipinski definition) is 16. The van der Waals surface area contributed by atoms with E-state index < -0.39 is 98.4 Å². The van der Waals surface area contributed by atoms with Gasteiger partial charge in [-0.3, -0.25) is 0 Å². The lowest BCUT2D eigenvalue weighted by Crippen LogP contribution is -2.66. The summed E-state index contributed by atoms with van der Waals surface area (Å²) in [7, 11) is 0. The fourth-order valence-corrected chi connectivity index (χ4v) is 13.7. The van der Waals surface area contributed by atoms with E-state index in [-0.39, 0.29) is 29.6 Å². The topological polar surface area (TPSA) is 236 Å². The molecule has 5 aliphatic heterocycles. The maximum atomic E-state index is 11.9. The highest BCUT2D eigenvalue weighted by atomic mass is 16.8. The molecule has 0 aromatic carbocycles. The van der Waals surface area contributed by atoms with Gasteiger partial charge in [-0.25, -0.2) is 0 Å². The summed E-state index contributed by atoms with van der Waals surface area (Å²) in [5.41, 5.74) is 1.54. The average Bonchev–Trinajstić information content (AvgIpc) is 3.68. The van der Waals surface area contributed by atoms with Gasteiger partial charge < -0.3 is 78.7 Å². The van der Waals surface area contributed by atoms with Crippen LogP contribution >= 0.6 is 0 Å². The van der Waals surface area contributed by atoms with Crippen molar-refractivity contribution in [1.29, 1.82) is 0 Å². The van der Waals surface area contributed by atoms with Crippen molar-refractivity contribution in [3.05, 3.63) is 11.6 Å². The number of hydrogen-bond donors (Lipinski definition) is 8. The van der Waals surface area contributed by atoms with Gasteiger partial charge in [0.1, 0.15) is 61.0 Å². The minimum Gasteiger partial charge on any atom is -0.394 e. The van der Waals surface area contributed by atoms with Crippen LogP contribution in [0.5, 0.6) is 0 Å². The lowest BCUT2D eigenvalue weighted by Gasteiger charge is -2.58. The molecule has 342 valence electrons. The Kier molecular flexibility index (Phi) is 12.2. The lowest BCUT2D eigenvalue weighted by atomic mass is 9.47. The summed E-state index contributed by atoms with van der Waals surface area (Å²) in [6.45, 7) is 10.9. The summed E-state index contributed by atoms with van der Waals surface area (Å²) in [6.07, 6.45) is -9.25. The van der Waals surface area contributed by atoms with Gasteiger partial charge in [0.15, 0.2) is 24.7 Å². The van der Waals surface area contributed by atoms with Gasteiger partial charge in [-0.2, -0.15) is 0 Å². The molecule has 8 fully saturated rings. The first kappa shape index (κ1) is 44.3. The predicted octanol–water partition coefficient (Wildman–Crippen LogP) is 0.853. The second kappa shape index (κ2) is 16.5. The van der Waals surface area contributed by atoms with Gasteiger partial charge in [0.25, 0.3) is 0 Å². The molecule has 0 radical (unpaired) electrons. The lowest BCUT2D eigenvalue weighted by molar-refractivity contribution is -0.385. The molecule has 5 saturated heterocycles. The normalized spacial score (nSPS) is 57.9. The van der Waals surface area contributed by atoms with Crippen LogP contribution in [0.15, 0.2) is 11.6 Å². The first-order chi connectivity index (χ1) is 28.5. The van der Waals surface area contributed by atoms with Crippen LogP contribution in [-0.2, 0) is 37.9 Å². The van der Waals surface area contributed by atoms with Gasteiger partial charge in [0.05, 0.1) is 38.1 Å². The monoisotopic (exact) mass is 854 g/mol. The zero-order chi connectivity index (χ0) is 42.6. The first-order valence-electron chi connectivity index (χ1n) is 22.8. The summed E-state index contributed by atoms with van der Waals surface area (Å²) in [5, 5.41) is 85.1. The second-order valence-corrected chi connectivity index (χ2v) is 20.6. The van der Waals surface area contributed by atoms with Crippen molar-refractivity contribution in [2.24, 2.45) is 46.3 Å². The maximum Gasteiger partial charge on any atom is 0.187 e. The fraction of sp³-hybridized carbons (Fsp3) is 0.955. The molecule has 9 aliphatic rings. The molecule has 9 rings (SSSR count). The van der Waals surface area contributed by atoms with E-state index in [4.69, 9.17) is 37.9 Å². The Hall–Kier alpha value is -0.900. The van der Waals surface area contributed by atoms with Crippen molar-refractivity contribution in [1.82, 2.24) is 0 Å². The number of fused-ring (bicyclic) bond motifs is 7. The number of aliphatic hydroxyl groups excluding tert-OH is 8. The molecule has 5 unspecified atom stereocenters. The number of rotatable bonds is 7. The van der Waals surface area contributed by atoms with Crippen molar-refractivity contribution >= 4 is 0 Å². The molecule has 0 bridgehead atoms. The molecule has 16 heteroatoms. The van der Waals surface area contributed by atoms with Crippen molar-refractivity contribution in [3.8, 4) is 0 Å². The quantitative estimate of drug-likeness (QED) is 0.166. The molecule has 3 saturated carbocycles. The summed E-state index contributed by atoms with van der Waals surface area (Å²) < 4.78 is 49.8. The van der Waals surface area contributed by atoms with E-state index in [2.05, 4.69) is 33.8 Å². The molecular formula is C44H70O16. The molecule has 16 nitrogen and oxygen atoms in total. The second-order valence-electron chi connectivity index (χ2n) is 20.6. The van der Waals surface area contributed by atoms with E-state index in [1.54, 1.807) is 0 Å². The summed E-state index contributed by atoms with van der Waals surface area (Å²) in [5.74, 6) is 2.65. The first-order valence-corrected chi connectivity index (χ1v) is 22.8. The van der Waals surface area contributed by atoms with Gasteiger partial charge in [0, 0.05) is 12.3 Å². The van der Waals surface area contributed by atoms with Crippen LogP contribution in [0.25, 0.3) is 0 Å². The minimum absolute atomic E-state index is 0.0142. The third-order valence-corrected chi connectivity index (χ3v) is 17.3. The molecule has 0 amide bonds. The number of allylic oxidation sites excluding steroid dienone is 1. The van der Waals surface area contributed by atoms with Gasteiger partial charge in [-0.05, 0) is 98.7 Å². The van der Waals surface area contributed by atoms with Crippen molar-refractivity contribution in [2.45, 2.75) is 196 Å². The minimum atomic E-state index is -1.70. The molecule has 4 aliphatic carbocycles. The Balaban J connectivity index is 0.913. The van der Waals surface area contributed by atoms with Crippen molar-refractivity contribution < 1.29 is 78.7 Å². The van der Waals surface area contributed by atoms with Crippen LogP contribution in [0.3, 0.4) is 0 Å². The van der Waals surface area contributed by atoms with Crippen LogP contribution < -0.4 is 0 Å². The van der Waals surface area contributed by atoms with E-state index in [0.717, 1.165) is 45.1 Å². The summed E-state index contributed by atoms with van der Waals surface area (Å²) in [4.78, 5) is 0. The van der Waals surface area contributed by atoms with E-state index in [1.165, 1.54) is 18.9 Å². The largest absolute Gasteiger partial charge is 0.394 e. The van der Waals surface area contributed by atoms with E-state index in [0.29, 0.717) is 48.3 Å². The third-order valence-electron chi connectivity index (χ3n) is 17.3. The van der Waals surface area contributed by atoms with Crippen LogP contribution in [-0.4, -0.2) is 165 Å². The molecule has 0 aromatic rings. The Morgan fingerprint density at radius 2 is 1.48 bits per heavy atom. The van der Waals surface area contributed by atoms with Crippen molar-refractivity contribution in [3.63, 3.8) is 0 Å². The zero-order valence-corrected chi connectivity index (χ0v) is 35.6. The maximum absolute atomic E-state index is 11.9. The molecule has 1 spiro atoms. The molecule has 0 aromatic heterocycles. The fourth-order valence-electron chi connectivity index (χ4n) is 13.7. The smallest absolute Gasteiger partial charge is 0.187 e. The summed E-state index contributed by atoms with van der Waals surface area (Å²) >= 11 is 0. The van der Waals surface area contributed by atoms with E-state index >= 15 is 0 Å². The average molecular weight is 855 g/mol. The third kappa shape index (κ3) is 7.19. The molecule has 5 heterocycles. The Morgan fingerprint density at radius 3 is 2.22 bits per heavy atom. The van der Waals surface area contributed by atoms with Gasteiger partial charge in [-0.1, -0.05) is 39.3 Å². The van der Waals surface area contributed by atoms with Gasteiger partial charge >= 0.3 is 0 Å². The molecule has 60 heavy (non-hydrogen) atoms. The van der Waals surface area contributed by atoms with Crippen molar-refractivity contribution in [2.75, 3.05) is 19.8 Å². The van der Waals surface area contributed by atoms with Crippen LogP contribution in [0.2, 0.25) is 0 Å². The van der Waals surface area contributed by atoms with Crippen LogP contribution in [0.1, 0.15) is 92.4 Å². The van der Waals surface area contributed by atoms with E-state index in [1.807, 2.05) is 0 Å². The van der Waals surface area contributed by atoms with Crippen LogP contribution in [0, 0.1) is 46.3 Å². The number of aliphatic hydroxyl groups is 8. The molecule has 8 N–H and O–H groups in total. The zero-order valence-electron chi connectivity index (χ0n) is 35.6. The SMILES string of the molecule is C[C@@H]1CC[C@@]2(OC1)OC1CC3C4CC=C5C[C@@H](O[C@@H]6O[C@H](CO)[C@@H](O[C@@H]7OC[C@H](O)[C@H](O)[C@H]7O)[C@H](O)[C@H]6O[C@@H]6O[C@@H](C)[C@H](O)[C@@H](O)[C@H]6O)CC[C@@]5(C)C4CC[C@@]3(C)C1[C@@H]2C. The number of ether oxygens (including phenoxy) is 8. The predicted molar refractivity (Wildman–Crippen MR) is 208 cm³/mol. The highest BCUT2D eigenvalue weighted by Gasteiger charge is 2.69.